The van der Waals surface area contributed by atoms with Crippen LogP contribution in [0.3, 0.4) is 0 Å². The van der Waals surface area contributed by atoms with Crippen molar-refractivity contribution in [1.82, 2.24) is 19.4 Å². The number of hydrogen-bond donors (Lipinski definition) is 2. The number of nitrogens with zero attached hydrogens (tertiary/aromatic N) is 5. The molecule has 1 amide bonds. The topological polar surface area (TPSA) is 131 Å². The average Bonchev–Trinajstić information content (AvgIpc) is 3.18. The smallest absolute Gasteiger partial charge is 0.260 e. The van der Waals surface area contributed by atoms with Gasteiger partial charge in [0.1, 0.15) is 17.1 Å². The number of nitrogens with one attached hydrogen (secondary N) is 2. The normalized spacial score (nSPS) is 13.0. The van der Waals surface area contributed by atoms with Crippen LogP contribution in [0.5, 0.6) is 11.5 Å². The first-order chi connectivity index (χ1) is 26.4. The largest absolute Gasteiger partial charge is 0.495 e. The highest BCUT2D eigenvalue weighted by Gasteiger charge is 2.24. The highest BCUT2D eigenvalue weighted by molar-refractivity contribution is 6.41. The maximum atomic E-state index is 14.6. The molecule has 0 radical (unpaired) electrons. The summed E-state index contributed by atoms with van der Waals surface area (Å²) >= 11 is 13.6. The van der Waals surface area contributed by atoms with Crippen LogP contribution >= 0.6 is 23.2 Å². The van der Waals surface area contributed by atoms with Crippen molar-refractivity contribution in [1.29, 1.82) is 0 Å². The minimum Gasteiger partial charge on any atom is -0.495 e. The van der Waals surface area contributed by atoms with Crippen molar-refractivity contribution in [2.24, 2.45) is 0 Å². The van der Waals surface area contributed by atoms with Crippen LogP contribution in [0.4, 0.5) is 23.0 Å². The number of ketones is 1. The second-order valence-corrected chi connectivity index (χ2v) is 13.9. The van der Waals surface area contributed by atoms with E-state index in [0.29, 0.717) is 22.4 Å². The van der Waals surface area contributed by atoms with Gasteiger partial charge in [-0.3, -0.25) is 19.0 Å². The molecule has 1 aliphatic rings. The molecule has 0 bridgehead atoms. The van der Waals surface area contributed by atoms with Crippen molar-refractivity contribution in [2.45, 2.75) is 19.9 Å². The van der Waals surface area contributed by atoms with E-state index in [1.54, 1.807) is 42.6 Å². The monoisotopic (exact) mass is 781 g/mol. The molecule has 0 spiro atoms. The predicted molar refractivity (Wildman–Crippen MR) is 220 cm³/mol. The first-order valence-electron chi connectivity index (χ1n) is 17.5. The number of ether oxygens (including phenoxy) is 2. The lowest BCUT2D eigenvalue weighted by Crippen LogP contribution is -2.44. The number of anilines is 4. The van der Waals surface area contributed by atoms with Crippen molar-refractivity contribution in [3.8, 4) is 22.6 Å². The van der Waals surface area contributed by atoms with Crippen LogP contribution in [-0.2, 0) is 22.6 Å². The van der Waals surface area contributed by atoms with E-state index in [1.807, 2.05) is 13.0 Å². The fourth-order valence-electron chi connectivity index (χ4n) is 6.51. The van der Waals surface area contributed by atoms with Crippen LogP contribution in [0.15, 0.2) is 84.8 Å². The van der Waals surface area contributed by atoms with Gasteiger partial charge in [-0.2, -0.15) is 4.98 Å². The average molecular weight is 783 g/mol. The van der Waals surface area contributed by atoms with E-state index in [4.69, 9.17) is 37.7 Å². The van der Waals surface area contributed by atoms with Gasteiger partial charge in [0.15, 0.2) is 5.78 Å². The summed E-state index contributed by atoms with van der Waals surface area (Å²) < 4.78 is 12.5. The van der Waals surface area contributed by atoms with Gasteiger partial charge in [0.25, 0.3) is 5.56 Å². The SMILES string of the molecule is C=CC(=O)Cc1cc(N2CCN(C)CC2)cc(C)c1Nc1ncc2cc(-c3c(Cl)c(OC)cc(OC)c3Cl)c(=O)n(Cc3ccc(NC(=O)C=C)cc3)c2n1. The lowest BCUT2D eigenvalue weighted by Gasteiger charge is -2.34. The van der Waals surface area contributed by atoms with Crippen LogP contribution in [0.2, 0.25) is 10.0 Å². The molecular weight excluding hydrogens is 741 g/mol. The molecule has 3 aromatic carbocycles. The van der Waals surface area contributed by atoms with Gasteiger partial charge in [-0.15, -0.1) is 0 Å². The second kappa shape index (κ2) is 16.8. The van der Waals surface area contributed by atoms with Crippen LogP contribution in [0.25, 0.3) is 22.2 Å². The number of likely N-dealkylation sites (N-methyl/N-ethyl adjacent to an activating group) is 1. The van der Waals surface area contributed by atoms with Gasteiger partial charge >= 0.3 is 0 Å². The third-order valence-corrected chi connectivity index (χ3v) is 10.3. The maximum Gasteiger partial charge on any atom is 0.260 e. The van der Waals surface area contributed by atoms with E-state index in [-0.39, 0.29) is 63.3 Å². The number of carbonyl (C=O) groups excluding carboxylic acids is 2. The molecule has 0 atom stereocenters. The summed E-state index contributed by atoms with van der Waals surface area (Å²) in [6, 6.07) is 14.4. The van der Waals surface area contributed by atoms with Crippen molar-refractivity contribution in [3.63, 3.8) is 0 Å². The molecule has 14 heteroatoms. The quantitative estimate of drug-likeness (QED) is 0.120. The van der Waals surface area contributed by atoms with Gasteiger partial charge in [-0.25, -0.2) is 4.98 Å². The summed E-state index contributed by atoms with van der Waals surface area (Å²) in [5.41, 5.74) is 5.01. The number of methoxy groups -OCH3 is 2. The van der Waals surface area contributed by atoms with E-state index in [1.165, 1.54) is 30.9 Å². The Morgan fingerprint density at radius 1 is 0.945 bits per heavy atom. The zero-order valence-corrected chi connectivity index (χ0v) is 32.6. The number of hydrogen-bond acceptors (Lipinski definition) is 10. The number of amides is 1. The van der Waals surface area contributed by atoms with Crippen LogP contribution in [0.1, 0.15) is 16.7 Å². The van der Waals surface area contributed by atoms with Gasteiger partial charge in [-0.1, -0.05) is 48.5 Å². The van der Waals surface area contributed by atoms with E-state index < -0.39 is 5.56 Å². The first kappa shape index (κ1) is 39.0. The second-order valence-electron chi connectivity index (χ2n) is 13.2. The van der Waals surface area contributed by atoms with Gasteiger partial charge in [0.2, 0.25) is 11.9 Å². The Hall–Kier alpha value is -5.69. The van der Waals surface area contributed by atoms with E-state index in [0.717, 1.165) is 48.6 Å². The van der Waals surface area contributed by atoms with E-state index >= 15 is 0 Å². The Balaban J connectivity index is 1.49. The number of aromatic nitrogens is 3. The Bertz CT molecular complexity index is 2340. The number of piperazine rings is 1. The highest BCUT2D eigenvalue weighted by atomic mass is 35.5. The van der Waals surface area contributed by atoms with Crippen LogP contribution in [-0.4, -0.2) is 78.6 Å². The maximum absolute atomic E-state index is 14.6. The Labute approximate surface area is 329 Å². The Morgan fingerprint density at radius 3 is 2.24 bits per heavy atom. The van der Waals surface area contributed by atoms with E-state index in [9.17, 15) is 14.4 Å². The Kier molecular flexibility index (Phi) is 11.9. The molecule has 1 aliphatic heterocycles. The minimum atomic E-state index is -0.440. The van der Waals surface area contributed by atoms with Crippen molar-refractivity contribution >= 4 is 68.9 Å². The number of rotatable bonds is 13. The first-order valence-corrected chi connectivity index (χ1v) is 18.2. The third kappa shape index (κ3) is 8.36. The Morgan fingerprint density at radius 2 is 1.62 bits per heavy atom. The minimum absolute atomic E-state index is 0.0868. The number of pyridine rings is 1. The van der Waals surface area contributed by atoms with E-state index in [2.05, 4.69) is 51.7 Å². The lowest BCUT2D eigenvalue weighted by atomic mass is 10.0. The third-order valence-electron chi connectivity index (χ3n) is 9.52. The number of fused-ring (bicyclic) bond motifs is 1. The summed E-state index contributed by atoms with van der Waals surface area (Å²) in [6.07, 6.45) is 4.25. The fourth-order valence-corrected chi connectivity index (χ4v) is 7.22. The molecule has 0 saturated carbocycles. The zero-order valence-electron chi connectivity index (χ0n) is 31.0. The summed E-state index contributed by atoms with van der Waals surface area (Å²) in [7, 11) is 5.03. The number of allylic oxidation sites excluding steroid dienone is 1. The molecule has 0 aliphatic carbocycles. The number of aryl methyl sites for hydroxylation is 1. The molecule has 55 heavy (non-hydrogen) atoms. The molecule has 2 aromatic heterocycles. The molecule has 0 unspecified atom stereocenters. The predicted octanol–water partition coefficient (Wildman–Crippen LogP) is 7.06. The van der Waals surface area contributed by atoms with Gasteiger partial charge in [-0.05, 0) is 73.1 Å². The molecule has 284 valence electrons. The molecule has 3 heterocycles. The summed E-state index contributed by atoms with van der Waals surface area (Å²) in [4.78, 5) is 53.4. The summed E-state index contributed by atoms with van der Waals surface area (Å²) in [5, 5.41) is 6.88. The molecule has 6 rings (SSSR count). The molecule has 1 fully saturated rings. The van der Waals surface area contributed by atoms with Gasteiger partial charge < -0.3 is 29.9 Å². The van der Waals surface area contributed by atoms with Crippen molar-refractivity contribution < 1.29 is 19.1 Å². The zero-order chi connectivity index (χ0) is 39.4. The number of halogens is 2. The molecule has 1 saturated heterocycles. The van der Waals surface area contributed by atoms with Crippen molar-refractivity contribution in [2.75, 3.05) is 63.0 Å². The number of benzene rings is 3. The summed E-state index contributed by atoms with van der Waals surface area (Å²) in [5.74, 6) is 0.300. The standard InChI is InChI=1S/C41H41Cl2N7O5/c1-7-30(51)19-26-18-29(49-15-13-48(4)14-16-49)17-24(3)38(26)46-41-44-22-27-20-31(35-36(42)32(54-5)21-33(55-6)37(35)43)40(53)50(39(27)47-41)23-25-9-11-28(12-10-25)45-34(52)8-2/h7-12,17-18,20-22H,1-2,13-16,19,23H2,3-6H3,(H,45,52)(H,44,46,47). The van der Waals surface area contributed by atoms with Crippen LogP contribution in [0, 0.1) is 6.92 Å². The lowest BCUT2D eigenvalue weighted by molar-refractivity contribution is -0.114. The summed E-state index contributed by atoms with van der Waals surface area (Å²) in [6.45, 7) is 12.9. The number of carbonyl (C=O) groups is 2. The van der Waals surface area contributed by atoms with Gasteiger partial charge in [0, 0.05) is 72.9 Å². The van der Waals surface area contributed by atoms with Gasteiger partial charge in [0.05, 0.1) is 36.4 Å². The highest BCUT2D eigenvalue weighted by Crippen LogP contribution is 2.45. The van der Waals surface area contributed by atoms with Crippen LogP contribution < -0.4 is 30.6 Å². The molecule has 12 nitrogen and oxygen atoms in total. The fraction of sp³-hybridized carbons (Fsp3) is 0.244. The molecule has 2 N–H and O–H groups in total. The van der Waals surface area contributed by atoms with Crippen molar-refractivity contribution in [3.05, 3.63) is 117 Å². The molecule has 5 aromatic rings. The molecular formula is C41H41Cl2N7O5.